The van der Waals surface area contributed by atoms with E-state index < -0.39 is 17.2 Å². The summed E-state index contributed by atoms with van der Waals surface area (Å²) in [5.74, 6) is 2.06. The predicted octanol–water partition coefficient (Wildman–Crippen LogP) is 3.65. The normalized spacial score (nSPS) is 22.3. The van der Waals surface area contributed by atoms with Gasteiger partial charge in [-0.05, 0) is 50.7 Å². The third-order valence-corrected chi connectivity index (χ3v) is 9.40. The van der Waals surface area contributed by atoms with Crippen LogP contribution in [0.25, 0.3) is 33.1 Å². The molecule has 2 N–H and O–H groups in total. The largest absolute Gasteiger partial charge is 0.357 e. The number of anilines is 2. The Kier molecular flexibility index (Phi) is 6.98. The Morgan fingerprint density at radius 2 is 1.93 bits per heavy atom. The van der Waals surface area contributed by atoms with Gasteiger partial charge in [0.25, 0.3) is 0 Å². The summed E-state index contributed by atoms with van der Waals surface area (Å²) in [6.45, 7) is 3.19. The molecule has 3 aliphatic heterocycles. The van der Waals surface area contributed by atoms with E-state index in [2.05, 4.69) is 38.1 Å². The Morgan fingerprint density at radius 1 is 1.14 bits per heavy atom. The molecular formula is C32H34F2N8O. The minimum atomic E-state index is -0.723. The SMILES string of the molecule is C#Cc1c(F)ccc2cc(=O)[nH]c(-c3ncc4c(N(C)C[C@H]5CCCCN5)nc(N5CC6CCC(C5)N6C)nc4c3F)c12. The van der Waals surface area contributed by atoms with Crippen molar-refractivity contribution in [2.24, 2.45) is 0 Å². The lowest BCUT2D eigenvalue weighted by molar-refractivity contribution is 0.211. The highest BCUT2D eigenvalue weighted by Gasteiger charge is 2.39. The van der Waals surface area contributed by atoms with Gasteiger partial charge in [-0.3, -0.25) is 14.7 Å². The molecule has 0 amide bonds. The number of piperazine rings is 1. The zero-order valence-electron chi connectivity index (χ0n) is 24.3. The van der Waals surface area contributed by atoms with Crippen molar-refractivity contribution in [2.45, 2.75) is 50.2 Å². The summed E-state index contributed by atoms with van der Waals surface area (Å²) in [7, 11) is 4.12. The minimum Gasteiger partial charge on any atom is -0.357 e. The zero-order chi connectivity index (χ0) is 29.8. The van der Waals surface area contributed by atoms with Crippen LogP contribution in [0.1, 0.15) is 37.7 Å². The number of halogens is 2. The molecule has 3 aliphatic rings. The van der Waals surface area contributed by atoms with Crippen molar-refractivity contribution in [1.82, 2.24) is 30.2 Å². The molecule has 222 valence electrons. The molecule has 4 aromatic rings. The van der Waals surface area contributed by atoms with E-state index in [1.165, 1.54) is 24.4 Å². The van der Waals surface area contributed by atoms with Gasteiger partial charge in [-0.15, -0.1) is 6.42 Å². The lowest BCUT2D eigenvalue weighted by Crippen LogP contribution is -2.52. The van der Waals surface area contributed by atoms with Crippen molar-refractivity contribution in [2.75, 3.05) is 50.1 Å². The van der Waals surface area contributed by atoms with E-state index in [4.69, 9.17) is 16.4 Å². The van der Waals surface area contributed by atoms with Crippen molar-refractivity contribution in [3.05, 3.63) is 51.9 Å². The van der Waals surface area contributed by atoms with Crippen molar-refractivity contribution < 1.29 is 8.78 Å². The molecule has 1 aromatic carbocycles. The second kappa shape index (κ2) is 10.8. The molecule has 3 saturated heterocycles. The third-order valence-electron chi connectivity index (χ3n) is 9.40. The molecule has 0 spiro atoms. The molecule has 6 heterocycles. The molecule has 3 fully saturated rings. The maximum absolute atomic E-state index is 16.7. The molecule has 3 aromatic heterocycles. The fourth-order valence-electron chi connectivity index (χ4n) is 7.08. The van der Waals surface area contributed by atoms with E-state index in [1.54, 1.807) is 0 Å². The van der Waals surface area contributed by atoms with Crippen LogP contribution < -0.4 is 20.7 Å². The summed E-state index contributed by atoms with van der Waals surface area (Å²) in [6, 6.07) is 5.05. The van der Waals surface area contributed by atoms with Gasteiger partial charge >= 0.3 is 0 Å². The molecule has 43 heavy (non-hydrogen) atoms. The molecule has 7 rings (SSSR count). The molecule has 9 nitrogen and oxygen atoms in total. The number of hydrogen-bond acceptors (Lipinski definition) is 8. The number of terminal acetylenes is 1. The van der Waals surface area contributed by atoms with Crippen LogP contribution in [0.5, 0.6) is 0 Å². The average Bonchev–Trinajstić information content (AvgIpc) is 3.20. The summed E-state index contributed by atoms with van der Waals surface area (Å²) in [6.07, 6.45) is 12.8. The highest BCUT2D eigenvalue weighted by Crippen LogP contribution is 2.36. The van der Waals surface area contributed by atoms with Gasteiger partial charge in [0.15, 0.2) is 5.82 Å². The standard InChI is InChI=1S/C32H34F2N8O/c1-4-22-24(33)11-8-18-13-25(43)37-29(26(18)22)30-27(34)28-23(14-36-30)31(40(2)15-19-7-5-6-12-35-19)39-32(38-28)42-16-20-9-10-21(17-42)41(20)3/h1,8,11,13-14,19-21,35H,5-7,9-10,12,15-17H2,2-3H3,(H,37,43)/t19-,20?,21?/m1/s1. The first-order valence-electron chi connectivity index (χ1n) is 14.9. The Labute approximate surface area is 248 Å². The number of H-pyrrole nitrogens is 1. The number of rotatable bonds is 5. The molecule has 0 radical (unpaired) electrons. The maximum atomic E-state index is 16.7. The number of pyridine rings is 2. The van der Waals surface area contributed by atoms with E-state index in [1.807, 2.05) is 11.9 Å². The quantitative estimate of drug-likeness (QED) is 0.344. The zero-order valence-corrected chi connectivity index (χ0v) is 24.3. The predicted molar refractivity (Wildman–Crippen MR) is 164 cm³/mol. The molecule has 2 bridgehead atoms. The highest BCUT2D eigenvalue weighted by atomic mass is 19.1. The van der Waals surface area contributed by atoms with E-state index in [9.17, 15) is 9.18 Å². The number of piperidine rings is 1. The van der Waals surface area contributed by atoms with Gasteiger partial charge in [0.2, 0.25) is 11.5 Å². The first-order chi connectivity index (χ1) is 20.8. The number of benzene rings is 1. The van der Waals surface area contributed by atoms with Crippen LogP contribution in [0.15, 0.2) is 29.2 Å². The summed E-state index contributed by atoms with van der Waals surface area (Å²) in [4.78, 5) is 36.2. The first kappa shape index (κ1) is 27.7. The topological polar surface area (TPSA) is 93.3 Å². The number of likely N-dealkylation sites (N-methyl/N-ethyl adjacent to an activating group) is 2. The maximum Gasteiger partial charge on any atom is 0.249 e. The fraction of sp³-hybridized carbons (Fsp3) is 0.438. The van der Waals surface area contributed by atoms with E-state index in [-0.39, 0.29) is 27.9 Å². The van der Waals surface area contributed by atoms with Crippen LogP contribution in [-0.4, -0.2) is 83.2 Å². The van der Waals surface area contributed by atoms with Crippen LogP contribution in [-0.2, 0) is 0 Å². The second-order valence-electron chi connectivity index (χ2n) is 12.1. The number of aromatic amines is 1. The van der Waals surface area contributed by atoms with E-state index in [0.717, 1.165) is 51.7 Å². The molecular weight excluding hydrogens is 550 g/mol. The average molecular weight is 585 g/mol. The number of fused-ring (bicyclic) bond motifs is 4. The van der Waals surface area contributed by atoms with Crippen LogP contribution in [0.2, 0.25) is 0 Å². The number of nitrogens with zero attached hydrogens (tertiary/aromatic N) is 6. The van der Waals surface area contributed by atoms with Crippen molar-refractivity contribution in [1.29, 1.82) is 0 Å². The molecule has 11 heteroatoms. The van der Waals surface area contributed by atoms with Crippen LogP contribution in [0.3, 0.4) is 0 Å². The Morgan fingerprint density at radius 3 is 2.65 bits per heavy atom. The van der Waals surface area contributed by atoms with Gasteiger partial charge in [0, 0.05) is 62.5 Å². The Hall–Kier alpha value is -4.14. The van der Waals surface area contributed by atoms with E-state index in [0.29, 0.717) is 47.2 Å². The molecule has 0 aliphatic carbocycles. The molecule has 0 saturated carbocycles. The van der Waals surface area contributed by atoms with E-state index >= 15 is 4.39 Å². The molecule has 2 unspecified atom stereocenters. The summed E-state index contributed by atoms with van der Waals surface area (Å²) in [5.41, 5.74) is -0.579. The number of aromatic nitrogens is 4. The Balaban J connectivity index is 1.41. The number of hydrogen-bond donors (Lipinski definition) is 2. The molecule has 3 atom stereocenters. The summed E-state index contributed by atoms with van der Waals surface area (Å²) >= 11 is 0. The fourth-order valence-corrected chi connectivity index (χ4v) is 7.08. The second-order valence-corrected chi connectivity index (χ2v) is 12.1. The lowest BCUT2D eigenvalue weighted by atomic mass is 10.0. The third kappa shape index (κ3) is 4.79. The van der Waals surface area contributed by atoms with Crippen molar-refractivity contribution in [3.8, 4) is 23.7 Å². The highest BCUT2D eigenvalue weighted by molar-refractivity contribution is 6.00. The lowest BCUT2D eigenvalue weighted by Gasteiger charge is -2.39. The smallest absolute Gasteiger partial charge is 0.249 e. The van der Waals surface area contributed by atoms with Crippen LogP contribution >= 0.6 is 0 Å². The monoisotopic (exact) mass is 584 g/mol. The van der Waals surface area contributed by atoms with Gasteiger partial charge in [0.05, 0.1) is 16.6 Å². The summed E-state index contributed by atoms with van der Waals surface area (Å²) < 4.78 is 31.5. The van der Waals surface area contributed by atoms with Gasteiger partial charge in [-0.1, -0.05) is 18.4 Å². The first-order valence-corrected chi connectivity index (χ1v) is 14.9. The van der Waals surface area contributed by atoms with Crippen LogP contribution in [0.4, 0.5) is 20.5 Å². The Bertz CT molecular complexity index is 1810. The van der Waals surface area contributed by atoms with Gasteiger partial charge in [-0.25, -0.2) is 13.8 Å². The van der Waals surface area contributed by atoms with Crippen LogP contribution in [0, 0.1) is 24.0 Å². The van der Waals surface area contributed by atoms with Gasteiger partial charge in [0.1, 0.15) is 22.8 Å². The minimum absolute atomic E-state index is 0.0217. The number of nitrogens with one attached hydrogen (secondary N) is 2. The summed E-state index contributed by atoms with van der Waals surface area (Å²) in [5, 5.41) is 4.66. The van der Waals surface area contributed by atoms with Gasteiger partial charge in [-0.2, -0.15) is 4.98 Å². The van der Waals surface area contributed by atoms with Crippen molar-refractivity contribution in [3.63, 3.8) is 0 Å². The van der Waals surface area contributed by atoms with Gasteiger partial charge < -0.3 is 20.1 Å². The van der Waals surface area contributed by atoms with Crippen molar-refractivity contribution >= 4 is 33.4 Å².